The number of rotatable bonds is 5. The Morgan fingerprint density at radius 3 is 2.88 bits per heavy atom. The molecule has 7 heteroatoms. The summed E-state index contributed by atoms with van der Waals surface area (Å²) in [7, 11) is 1.85. The first kappa shape index (κ1) is 16.4. The molecule has 2 atom stereocenters. The third kappa shape index (κ3) is 3.91. The topological polar surface area (TPSA) is 68.2 Å². The van der Waals surface area contributed by atoms with Crippen LogP contribution in [-0.2, 0) is 11.8 Å². The lowest BCUT2D eigenvalue weighted by molar-refractivity contribution is 0.111. The van der Waals surface area contributed by atoms with E-state index in [9.17, 15) is 9.18 Å². The van der Waals surface area contributed by atoms with Crippen LogP contribution >= 0.6 is 0 Å². The van der Waals surface area contributed by atoms with Crippen molar-refractivity contribution in [2.75, 3.05) is 13.2 Å². The van der Waals surface area contributed by atoms with Crippen molar-refractivity contribution in [2.45, 2.75) is 25.0 Å². The van der Waals surface area contributed by atoms with E-state index in [1.54, 1.807) is 24.5 Å². The minimum atomic E-state index is -0.463. The van der Waals surface area contributed by atoms with Crippen LogP contribution in [-0.4, -0.2) is 34.8 Å². The average molecular weight is 332 g/mol. The molecule has 2 heterocycles. The van der Waals surface area contributed by atoms with E-state index < -0.39 is 6.04 Å². The predicted molar refractivity (Wildman–Crippen MR) is 87.0 cm³/mol. The van der Waals surface area contributed by atoms with Crippen LogP contribution in [0.15, 0.2) is 36.7 Å². The van der Waals surface area contributed by atoms with E-state index in [1.165, 1.54) is 12.1 Å². The Labute approximate surface area is 140 Å². The van der Waals surface area contributed by atoms with Gasteiger partial charge in [0.2, 0.25) is 0 Å². The van der Waals surface area contributed by atoms with E-state index in [-0.39, 0.29) is 18.0 Å². The summed E-state index contributed by atoms with van der Waals surface area (Å²) in [6.07, 6.45) is 5.53. The van der Waals surface area contributed by atoms with Crippen LogP contribution in [0.3, 0.4) is 0 Å². The highest BCUT2D eigenvalue weighted by Gasteiger charge is 2.22. The van der Waals surface area contributed by atoms with Gasteiger partial charge in [0.25, 0.3) is 0 Å². The fourth-order valence-electron chi connectivity index (χ4n) is 2.80. The second kappa shape index (κ2) is 7.44. The summed E-state index contributed by atoms with van der Waals surface area (Å²) < 4.78 is 20.5. The molecule has 1 fully saturated rings. The maximum atomic E-state index is 13.2. The van der Waals surface area contributed by atoms with Gasteiger partial charge in [0.15, 0.2) is 0 Å². The van der Waals surface area contributed by atoms with Crippen LogP contribution in [0.1, 0.15) is 30.3 Å². The largest absolute Gasteiger partial charge is 0.376 e. The Morgan fingerprint density at radius 1 is 1.46 bits per heavy atom. The summed E-state index contributed by atoms with van der Waals surface area (Å²) in [6, 6.07) is 5.27. The number of nitrogens with one attached hydrogen (secondary N) is 2. The van der Waals surface area contributed by atoms with Crippen molar-refractivity contribution >= 4 is 6.03 Å². The Kier molecular flexibility index (Phi) is 5.10. The molecule has 1 aromatic carbocycles. The molecule has 0 unspecified atom stereocenters. The van der Waals surface area contributed by atoms with Gasteiger partial charge in [0, 0.05) is 32.6 Å². The molecule has 0 spiro atoms. The lowest BCUT2D eigenvalue weighted by Gasteiger charge is -2.20. The highest BCUT2D eigenvalue weighted by Crippen LogP contribution is 2.20. The minimum Gasteiger partial charge on any atom is -0.376 e. The van der Waals surface area contributed by atoms with E-state index >= 15 is 0 Å². The van der Waals surface area contributed by atoms with E-state index in [0.717, 1.165) is 25.0 Å². The smallest absolute Gasteiger partial charge is 0.315 e. The van der Waals surface area contributed by atoms with Gasteiger partial charge in [0.05, 0.1) is 6.10 Å². The first-order valence-corrected chi connectivity index (χ1v) is 8.02. The molecule has 0 radical (unpaired) electrons. The van der Waals surface area contributed by atoms with E-state index in [4.69, 9.17) is 4.74 Å². The fourth-order valence-corrected chi connectivity index (χ4v) is 2.80. The van der Waals surface area contributed by atoms with Gasteiger partial charge < -0.3 is 19.9 Å². The molecule has 1 aromatic heterocycles. The lowest BCUT2D eigenvalue weighted by atomic mass is 10.1. The maximum absolute atomic E-state index is 13.2. The van der Waals surface area contributed by atoms with Gasteiger partial charge in [-0.25, -0.2) is 14.2 Å². The van der Waals surface area contributed by atoms with Gasteiger partial charge in [0.1, 0.15) is 17.7 Å². The summed E-state index contributed by atoms with van der Waals surface area (Å²) in [6.45, 7) is 1.22. The molecule has 3 rings (SSSR count). The predicted octanol–water partition coefficient (Wildman–Crippen LogP) is 2.13. The molecule has 2 amide bonds. The number of urea groups is 1. The van der Waals surface area contributed by atoms with Crippen LogP contribution in [0.5, 0.6) is 0 Å². The monoisotopic (exact) mass is 332 g/mol. The zero-order valence-electron chi connectivity index (χ0n) is 13.5. The second-order valence-electron chi connectivity index (χ2n) is 5.87. The Bertz CT molecular complexity index is 680. The molecule has 1 aliphatic heterocycles. The fraction of sp³-hybridized carbons (Fsp3) is 0.412. The molecule has 1 aliphatic rings. The number of carbonyl (C=O) groups excluding carboxylic acids is 1. The SMILES string of the molecule is Cn1ccnc1[C@@H](NC(=O)NC[C@H]1CCCO1)c1ccc(F)cc1. The van der Waals surface area contributed by atoms with Crippen molar-refractivity contribution in [2.24, 2.45) is 7.05 Å². The zero-order chi connectivity index (χ0) is 16.9. The molecule has 2 aromatic rings. The summed E-state index contributed by atoms with van der Waals surface area (Å²) in [5, 5.41) is 5.74. The number of hydrogen-bond donors (Lipinski definition) is 2. The Hall–Kier alpha value is -2.41. The van der Waals surface area contributed by atoms with Crippen molar-refractivity contribution in [3.8, 4) is 0 Å². The van der Waals surface area contributed by atoms with Crippen LogP contribution < -0.4 is 10.6 Å². The molecule has 24 heavy (non-hydrogen) atoms. The number of halogens is 1. The van der Waals surface area contributed by atoms with Gasteiger partial charge in [-0.3, -0.25) is 0 Å². The quantitative estimate of drug-likeness (QED) is 0.881. The normalized spacial score (nSPS) is 18.3. The number of amides is 2. The number of aromatic nitrogens is 2. The molecule has 0 bridgehead atoms. The van der Waals surface area contributed by atoms with Gasteiger partial charge in [-0.15, -0.1) is 0 Å². The lowest BCUT2D eigenvalue weighted by Crippen LogP contribution is -2.42. The minimum absolute atomic E-state index is 0.0770. The van der Waals surface area contributed by atoms with Crippen LogP contribution in [0.4, 0.5) is 9.18 Å². The summed E-state index contributed by atoms with van der Waals surface area (Å²) in [4.78, 5) is 16.6. The average Bonchev–Trinajstić information content (AvgIpc) is 3.23. The molecule has 128 valence electrons. The standard InChI is InChI=1S/C17H21FN4O2/c1-22-9-8-19-16(22)15(12-4-6-13(18)7-5-12)21-17(23)20-11-14-3-2-10-24-14/h4-9,14-15H,2-3,10-11H2,1H3,(H2,20,21,23)/t14-,15+/m1/s1. The van der Waals surface area contributed by atoms with Crippen LogP contribution in [0.2, 0.25) is 0 Å². The first-order valence-electron chi connectivity index (χ1n) is 8.02. The van der Waals surface area contributed by atoms with Crippen molar-refractivity contribution in [1.29, 1.82) is 0 Å². The third-order valence-corrected chi connectivity index (χ3v) is 4.11. The van der Waals surface area contributed by atoms with Gasteiger partial charge >= 0.3 is 6.03 Å². The highest BCUT2D eigenvalue weighted by molar-refractivity contribution is 5.74. The number of benzene rings is 1. The van der Waals surface area contributed by atoms with Crippen molar-refractivity contribution in [3.05, 3.63) is 53.9 Å². The number of nitrogens with zero attached hydrogens (tertiary/aromatic N) is 2. The zero-order valence-corrected chi connectivity index (χ0v) is 13.5. The maximum Gasteiger partial charge on any atom is 0.315 e. The van der Waals surface area contributed by atoms with Crippen molar-refractivity contribution in [3.63, 3.8) is 0 Å². The van der Waals surface area contributed by atoms with E-state index in [0.29, 0.717) is 12.4 Å². The van der Waals surface area contributed by atoms with Crippen molar-refractivity contribution < 1.29 is 13.9 Å². The first-order chi connectivity index (χ1) is 11.6. The summed E-state index contributed by atoms with van der Waals surface area (Å²) >= 11 is 0. The molecule has 0 saturated carbocycles. The van der Waals surface area contributed by atoms with Crippen LogP contribution in [0, 0.1) is 5.82 Å². The molecule has 0 aliphatic carbocycles. The van der Waals surface area contributed by atoms with E-state index in [2.05, 4.69) is 15.6 Å². The van der Waals surface area contributed by atoms with Crippen molar-refractivity contribution in [1.82, 2.24) is 20.2 Å². The summed E-state index contributed by atoms with van der Waals surface area (Å²) in [5.74, 6) is 0.356. The van der Waals surface area contributed by atoms with Gasteiger partial charge in [-0.2, -0.15) is 0 Å². The summed E-state index contributed by atoms with van der Waals surface area (Å²) in [5.41, 5.74) is 0.762. The Balaban J connectivity index is 1.71. The molecule has 2 N–H and O–H groups in total. The van der Waals surface area contributed by atoms with E-state index in [1.807, 2.05) is 11.6 Å². The molecule has 6 nitrogen and oxygen atoms in total. The molecule has 1 saturated heterocycles. The molecular formula is C17H21FN4O2. The van der Waals surface area contributed by atoms with Crippen LogP contribution in [0.25, 0.3) is 0 Å². The third-order valence-electron chi connectivity index (χ3n) is 4.11. The molecular weight excluding hydrogens is 311 g/mol. The number of ether oxygens (including phenoxy) is 1. The van der Waals surface area contributed by atoms with Gasteiger partial charge in [-0.1, -0.05) is 12.1 Å². The highest BCUT2D eigenvalue weighted by atomic mass is 19.1. The number of imidazole rings is 1. The number of aryl methyl sites for hydroxylation is 1. The number of hydrogen-bond acceptors (Lipinski definition) is 3. The second-order valence-corrected chi connectivity index (χ2v) is 5.87. The Morgan fingerprint density at radius 2 is 2.25 bits per heavy atom. The van der Waals surface area contributed by atoms with Gasteiger partial charge in [-0.05, 0) is 30.5 Å². The number of carbonyl (C=O) groups is 1.